The summed E-state index contributed by atoms with van der Waals surface area (Å²) in [5.41, 5.74) is 1.65. The van der Waals surface area contributed by atoms with Gasteiger partial charge in [-0.15, -0.1) is 0 Å². The number of hydrogen-bond donors (Lipinski definition) is 1. The highest BCUT2D eigenvalue weighted by Gasteiger charge is 2.14. The molecule has 1 atom stereocenters. The Hall–Kier alpha value is -1.55. The third-order valence-corrected chi connectivity index (χ3v) is 2.95. The second-order valence-corrected chi connectivity index (χ2v) is 4.15. The number of hydrogen-bond acceptors (Lipinski definition) is 4. The Labute approximate surface area is 93.6 Å². The van der Waals surface area contributed by atoms with E-state index < -0.39 is 0 Å². The van der Waals surface area contributed by atoms with Crippen LogP contribution in [0.3, 0.4) is 0 Å². The molecule has 1 aromatic carbocycles. The van der Waals surface area contributed by atoms with Gasteiger partial charge in [0.15, 0.2) is 12.0 Å². The molecule has 1 unspecified atom stereocenters. The zero-order valence-corrected chi connectivity index (χ0v) is 8.98. The molecule has 0 aliphatic carbocycles. The predicted octanol–water partition coefficient (Wildman–Crippen LogP) is 1.82. The van der Waals surface area contributed by atoms with Gasteiger partial charge in [-0.2, -0.15) is 0 Å². The summed E-state index contributed by atoms with van der Waals surface area (Å²) in [5, 5.41) is 3.33. The van der Waals surface area contributed by atoms with Gasteiger partial charge in [-0.25, -0.2) is 4.98 Å². The van der Waals surface area contributed by atoms with Crippen molar-refractivity contribution in [3.8, 4) is 5.75 Å². The summed E-state index contributed by atoms with van der Waals surface area (Å²) >= 11 is 0. The third-order valence-electron chi connectivity index (χ3n) is 2.95. The monoisotopic (exact) mass is 218 g/mol. The maximum Gasteiger partial charge on any atom is 0.181 e. The van der Waals surface area contributed by atoms with Crippen LogP contribution in [0.5, 0.6) is 5.75 Å². The number of ether oxygens (including phenoxy) is 1. The Kier molecular flexibility index (Phi) is 2.50. The lowest BCUT2D eigenvalue weighted by Crippen LogP contribution is -2.15. The minimum atomic E-state index is 0.632. The van der Waals surface area contributed by atoms with E-state index in [4.69, 9.17) is 9.15 Å². The molecule has 1 aliphatic heterocycles. The summed E-state index contributed by atoms with van der Waals surface area (Å²) in [7, 11) is 0. The van der Waals surface area contributed by atoms with Gasteiger partial charge in [0.25, 0.3) is 0 Å². The number of oxazole rings is 1. The van der Waals surface area contributed by atoms with Crippen LogP contribution in [0.2, 0.25) is 0 Å². The summed E-state index contributed by atoms with van der Waals surface area (Å²) in [4.78, 5) is 4.10. The van der Waals surface area contributed by atoms with Crippen LogP contribution in [0.25, 0.3) is 11.1 Å². The third kappa shape index (κ3) is 1.88. The van der Waals surface area contributed by atoms with Crippen molar-refractivity contribution in [3.05, 3.63) is 24.6 Å². The minimum Gasteiger partial charge on any atom is -0.493 e. The minimum absolute atomic E-state index is 0.632. The van der Waals surface area contributed by atoms with Crippen LogP contribution in [-0.4, -0.2) is 24.7 Å². The SMILES string of the molecule is c1nc2cc(OCC3CCNC3)ccc2o1. The topological polar surface area (TPSA) is 47.3 Å². The molecule has 4 heteroatoms. The maximum atomic E-state index is 5.75. The molecule has 1 N–H and O–H groups in total. The van der Waals surface area contributed by atoms with Crippen LogP contribution < -0.4 is 10.1 Å². The van der Waals surface area contributed by atoms with Crippen molar-refractivity contribution >= 4 is 11.1 Å². The van der Waals surface area contributed by atoms with E-state index in [0.29, 0.717) is 5.92 Å². The molecule has 0 bridgehead atoms. The molecule has 1 saturated heterocycles. The summed E-state index contributed by atoms with van der Waals surface area (Å²) in [5.74, 6) is 1.50. The number of aromatic nitrogens is 1. The molecular weight excluding hydrogens is 204 g/mol. The molecule has 2 aromatic rings. The molecule has 0 spiro atoms. The van der Waals surface area contributed by atoms with Crippen molar-refractivity contribution in [1.29, 1.82) is 0 Å². The molecule has 16 heavy (non-hydrogen) atoms. The molecule has 0 saturated carbocycles. The van der Waals surface area contributed by atoms with Gasteiger partial charge in [-0.05, 0) is 25.1 Å². The van der Waals surface area contributed by atoms with Gasteiger partial charge in [-0.1, -0.05) is 0 Å². The number of benzene rings is 1. The molecular formula is C12H14N2O2. The van der Waals surface area contributed by atoms with Crippen molar-refractivity contribution in [2.45, 2.75) is 6.42 Å². The van der Waals surface area contributed by atoms with Crippen LogP contribution in [0.15, 0.2) is 29.0 Å². The Morgan fingerprint density at radius 2 is 2.50 bits per heavy atom. The lowest BCUT2D eigenvalue weighted by molar-refractivity contribution is 0.260. The quantitative estimate of drug-likeness (QED) is 0.853. The van der Waals surface area contributed by atoms with E-state index in [0.717, 1.165) is 36.5 Å². The van der Waals surface area contributed by atoms with Gasteiger partial charge >= 0.3 is 0 Å². The number of fused-ring (bicyclic) bond motifs is 1. The average molecular weight is 218 g/mol. The van der Waals surface area contributed by atoms with Crippen molar-refractivity contribution in [1.82, 2.24) is 10.3 Å². The number of rotatable bonds is 3. The smallest absolute Gasteiger partial charge is 0.181 e. The van der Waals surface area contributed by atoms with Crippen molar-refractivity contribution < 1.29 is 9.15 Å². The van der Waals surface area contributed by atoms with Gasteiger partial charge in [0.2, 0.25) is 0 Å². The molecule has 3 rings (SSSR count). The van der Waals surface area contributed by atoms with Crippen LogP contribution in [0, 0.1) is 5.92 Å². The van der Waals surface area contributed by atoms with E-state index in [9.17, 15) is 0 Å². The normalized spacial score (nSPS) is 20.4. The molecule has 1 aliphatic rings. The van der Waals surface area contributed by atoms with Crippen LogP contribution in [0.1, 0.15) is 6.42 Å². The Bertz CT molecular complexity index is 475. The highest BCUT2D eigenvalue weighted by molar-refractivity contribution is 5.73. The van der Waals surface area contributed by atoms with Crippen molar-refractivity contribution in [3.63, 3.8) is 0 Å². The van der Waals surface area contributed by atoms with Crippen LogP contribution in [0.4, 0.5) is 0 Å². The summed E-state index contributed by atoms with van der Waals surface area (Å²) < 4.78 is 10.9. The standard InChI is InChI=1S/C12H14N2O2/c1-2-12-11(14-8-16-12)5-10(1)15-7-9-3-4-13-6-9/h1-2,5,8-9,13H,3-4,6-7H2. The number of nitrogens with one attached hydrogen (secondary N) is 1. The Morgan fingerprint density at radius 1 is 1.50 bits per heavy atom. The number of nitrogens with zero attached hydrogens (tertiary/aromatic N) is 1. The molecule has 0 radical (unpaired) electrons. The van der Waals surface area contributed by atoms with E-state index in [2.05, 4.69) is 10.3 Å². The highest BCUT2D eigenvalue weighted by atomic mass is 16.5. The van der Waals surface area contributed by atoms with Crippen LogP contribution in [-0.2, 0) is 0 Å². The Morgan fingerprint density at radius 3 is 3.38 bits per heavy atom. The second kappa shape index (κ2) is 4.14. The molecule has 0 amide bonds. The van der Waals surface area contributed by atoms with E-state index in [1.54, 1.807) is 0 Å². The zero-order chi connectivity index (χ0) is 10.8. The molecule has 2 heterocycles. The molecule has 84 valence electrons. The molecule has 1 fully saturated rings. The van der Waals surface area contributed by atoms with E-state index >= 15 is 0 Å². The fourth-order valence-electron chi connectivity index (χ4n) is 2.00. The fraction of sp³-hybridized carbons (Fsp3) is 0.417. The predicted molar refractivity (Wildman–Crippen MR) is 60.5 cm³/mol. The van der Waals surface area contributed by atoms with Gasteiger partial charge in [0, 0.05) is 18.5 Å². The van der Waals surface area contributed by atoms with E-state index in [1.807, 2.05) is 18.2 Å². The first-order chi connectivity index (χ1) is 7.92. The average Bonchev–Trinajstić information content (AvgIpc) is 2.97. The molecule has 4 nitrogen and oxygen atoms in total. The summed E-state index contributed by atoms with van der Waals surface area (Å²) in [6, 6.07) is 5.74. The first kappa shape index (κ1) is 9.66. The Balaban J connectivity index is 1.68. The first-order valence-electron chi connectivity index (χ1n) is 5.58. The first-order valence-corrected chi connectivity index (χ1v) is 5.58. The lowest BCUT2D eigenvalue weighted by atomic mass is 10.1. The van der Waals surface area contributed by atoms with Gasteiger partial charge in [-0.3, -0.25) is 0 Å². The summed E-state index contributed by atoms with van der Waals surface area (Å²) in [6.45, 7) is 2.94. The van der Waals surface area contributed by atoms with Crippen molar-refractivity contribution in [2.24, 2.45) is 5.92 Å². The van der Waals surface area contributed by atoms with Gasteiger partial charge < -0.3 is 14.5 Å². The highest BCUT2D eigenvalue weighted by Crippen LogP contribution is 2.20. The summed E-state index contributed by atoms with van der Waals surface area (Å²) in [6.07, 6.45) is 2.65. The van der Waals surface area contributed by atoms with Crippen molar-refractivity contribution in [2.75, 3.05) is 19.7 Å². The maximum absolute atomic E-state index is 5.75. The van der Waals surface area contributed by atoms with Crippen LogP contribution >= 0.6 is 0 Å². The lowest BCUT2D eigenvalue weighted by Gasteiger charge is -2.10. The van der Waals surface area contributed by atoms with Gasteiger partial charge in [0.05, 0.1) is 6.61 Å². The van der Waals surface area contributed by atoms with E-state index in [1.165, 1.54) is 12.8 Å². The van der Waals surface area contributed by atoms with E-state index in [-0.39, 0.29) is 0 Å². The fourth-order valence-corrected chi connectivity index (χ4v) is 2.00. The zero-order valence-electron chi connectivity index (χ0n) is 8.98. The van der Waals surface area contributed by atoms with Gasteiger partial charge in [0.1, 0.15) is 11.3 Å². The molecule has 1 aromatic heterocycles. The largest absolute Gasteiger partial charge is 0.493 e. The second-order valence-electron chi connectivity index (χ2n) is 4.15.